The van der Waals surface area contributed by atoms with E-state index < -0.39 is 11.8 Å². The van der Waals surface area contributed by atoms with Crippen LogP contribution in [0.25, 0.3) is 5.69 Å². The summed E-state index contributed by atoms with van der Waals surface area (Å²) in [6, 6.07) is 5.13. The maximum Gasteiger partial charge on any atom is 0.226 e. The van der Waals surface area contributed by atoms with Crippen LogP contribution in [0.3, 0.4) is 0 Å². The highest BCUT2D eigenvalue weighted by molar-refractivity contribution is 5.74. The van der Waals surface area contributed by atoms with Gasteiger partial charge in [-0.3, -0.25) is 4.79 Å². The van der Waals surface area contributed by atoms with Crippen molar-refractivity contribution in [3.05, 3.63) is 47.8 Å². The van der Waals surface area contributed by atoms with Gasteiger partial charge in [-0.05, 0) is 24.3 Å². The van der Waals surface area contributed by atoms with Crippen LogP contribution in [-0.4, -0.2) is 16.1 Å². The van der Waals surface area contributed by atoms with Crippen LogP contribution < -0.4 is 0 Å². The highest BCUT2D eigenvalue weighted by Gasteiger charge is 2.10. The van der Waals surface area contributed by atoms with Crippen LogP contribution in [0.15, 0.2) is 30.5 Å². The molecule has 1 aromatic carbocycles. The molecule has 0 atom stereocenters. The highest BCUT2D eigenvalue weighted by Crippen LogP contribution is 2.12. The lowest BCUT2D eigenvalue weighted by Crippen LogP contribution is -2.00. The Kier molecular flexibility index (Phi) is 2.29. The van der Waals surface area contributed by atoms with Gasteiger partial charge in [0.1, 0.15) is 5.82 Å². The Balaban J connectivity index is 2.49. The van der Waals surface area contributed by atoms with E-state index in [1.54, 1.807) is 0 Å². The predicted octanol–water partition coefficient (Wildman–Crippen LogP) is 1.96. The molecule has 76 valence electrons. The third kappa shape index (κ3) is 1.63. The molecule has 2 rings (SSSR count). The average molecular weight is 208 g/mol. The SMILES string of the molecule is O=Cc1cnn(-c2ccc(F)cc2)c1F. The van der Waals surface area contributed by atoms with Gasteiger partial charge in [-0.2, -0.15) is 9.49 Å². The zero-order valence-corrected chi connectivity index (χ0v) is 7.52. The van der Waals surface area contributed by atoms with E-state index in [2.05, 4.69) is 5.10 Å². The molecular formula is C10H6F2N2O. The molecule has 0 aliphatic heterocycles. The van der Waals surface area contributed by atoms with Crippen LogP contribution in [0.4, 0.5) is 8.78 Å². The van der Waals surface area contributed by atoms with E-state index >= 15 is 0 Å². The summed E-state index contributed by atoms with van der Waals surface area (Å²) < 4.78 is 26.9. The number of rotatable bonds is 2. The summed E-state index contributed by atoms with van der Waals surface area (Å²) in [5.41, 5.74) is 0.237. The van der Waals surface area contributed by atoms with Crippen LogP contribution in [-0.2, 0) is 0 Å². The van der Waals surface area contributed by atoms with Crippen LogP contribution in [0.5, 0.6) is 0 Å². The first kappa shape index (κ1) is 9.51. The smallest absolute Gasteiger partial charge is 0.226 e. The molecule has 0 spiro atoms. The number of halogens is 2. The standard InChI is InChI=1S/C10H6F2N2O/c11-8-1-3-9(4-2-8)14-10(12)7(6-15)5-13-14/h1-6H. The van der Waals surface area contributed by atoms with Gasteiger partial charge in [0.15, 0.2) is 6.29 Å². The first-order valence-electron chi connectivity index (χ1n) is 4.17. The maximum absolute atomic E-state index is 13.4. The lowest BCUT2D eigenvalue weighted by molar-refractivity contribution is 0.111. The fraction of sp³-hybridized carbons (Fsp3) is 0. The van der Waals surface area contributed by atoms with E-state index in [1.165, 1.54) is 24.3 Å². The van der Waals surface area contributed by atoms with Gasteiger partial charge in [0, 0.05) is 0 Å². The summed E-state index contributed by atoms with van der Waals surface area (Å²) >= 11 is 0. The Labute approximate surface area is 84.0 Å². The van der Waals surface area contributed by atoms with Crippen molar-refractivity contribution in [2.24, 2.45) is 0 Å². The third-order valence-corrected chi connectivity index (χ3v) is 1.93. The molecule has 0 radical (unpaired) electrons. The van der Waals surface area contributed by atoms with Gasteiger partial charge in [0.25, 0.3) is 0 Å². The molecule has 0 aliphatic rings. The fourth-order valence-corrected chi connectivity index (χ4v) is 1.19. The van der Waals surface area contributed by atoms with Crippen LogP contribution >= 0.6 is 0 Å². The van der Waals surface area contributed by atoms with E-state index in [4.69, 9.17) is 0 Å². The second-order valence-electron chi connectivity index (χ2n) is 2.90. The molecule has 0 aliphatic carbocycles. The minimum Gasteiger partial charge on any atom is -0.298 e. The summed E-state index contributed by atoms with van der Waals surface area (Å²) in [6.07, 6.45) is 1.49. The molecule has 1 aromatic heterocycles. The third-order valence-electron chi connectivity index (χ3n) is 1.93. The van der Waals surface area contributed by atoms with Gasteiger partial charge >= 0.3 is 0 Å². The Morgan fingerprint density at radius 2 is 1.87 bits per heavy atom. The van der Waals surface area contributed by atoms with Crippen molar-refractivity contribution in [2.45, 2.75) is 0 Å². The van der Waals surface area contributed by atoms with Gasteiger partial charge < -0.3 is 0 Å². The van der Waals surface area contributed by atoms with Gasteiger partial charge in [-0.25, -0.2) is 9.07 Å². The molecular weight excluding hydrogens is 202 g/mol. The van der Waals surface area contributed by atoms with Gasteiger partial charge in [-0.1, -0.05) is 0 Å². The van der Waals surface area contributed by atoms with Crippen LogP contribution in [0, 0.1) is 11.8 Å². The van der Waals surface area contributed by atoms with Crippen molar-refractivity contribution in [1.29, 1.82) is 0 Å². The van der Waals surface area contributed by atoms with E-state index in [0.717, 1.165) is 10.9 Å². The minimum atomic E-state index is -0.753. The number of aromatic nitrogens is 2. The average Bonchev–Trinajstić information content (AvgIpc) is 2.61. The molecule has 1 heterocycles. The predicted molar refractivity (Wildman–Crippen MR) is 48.9 cm³/mol. The topological polar surface area (TPSA) is 34.9 Å². The molecule has 2 aromatic rings. The summed E-state index contributed by atoms with van der Waals surface area (Å²) in [6.45, 7) is 0. The number of aldehydes is 1. The first-order chi connectivity index (χ1) is 7.22. The van der Waals surface area contributed by atoms with Crippen LogP contribution in [0.1, 0.15) is 10.4 Å². The number of hydrogen-bond donors (Lipinski definition) is 0. The molecule has 3 nitrogen and oxygen atoms in total. The Hall–Kier alpha value is -2.04. The number of nitrogens with zero attached hydrogens (tertiary/aromatic N) is 2. The van der Waals surface area contributed by atoms with E-state index in [-0.39, 0.29) is 5.56 Å². The van der Waals surface area contributed by atoms with Crippen molar-refractivity contribution in [3.8, 4) is 5.69 Å². The Morgan fingerprint density at radius 3 is 2.40 bits per heavy atom. The molecule has 0 fully saturated rings. The van der Waals surface area contributed by atoms with Gasteiger partial charge in [0.05, 0.1) is 17.4 Å². The summed E-state index contributed by atoms with van der Waals surface area (Å²) in [5.74, 6) is -1.17. The lowest BCUT2D eigenvalue weighted by Gasteiger charge is -2.00. The quantitative estimate of drug-likeness (QED) is 0.707. The molecule has 0 amide bonds. The Bertz CT molecular complexity index is 491. The van der Waals surface area contributed by atoms with E-state index in [1.807, 2.05) is 0 Å². The molecule has 0 N–H and O–H groups in total. The monoisotopic (exact) mass is 208 g/mol. The number of carbonyl (C=O) groups is 1. The largest absolute Gasteiger partial charge is 0.298 e. The summed E-state index contributed by atoms with van der Waals surface area (Å²) in [7, 11) is 0. The maximum atomic E-state index is 13.4. The number of benzene rings is 1. The van der Waals surface area contributed by atoms with Gasteiger partial charge in [0.2, 0.25) is 5.95 Å². The van der Waals surface area contributed by atoms with Crippen molar-refractivity contribution >= 4 is 6.29 Å². The van der Waals surface area contributed by atoms with Crippen LogP contribution in [0.2, 0.25) is 0 Å². The zero-order valence-electron chi connectivity index (χ0n) is 7.52. The number of hydrogen-bond acceptors (Lipinski definition) is 2. The second kappa shape index (κ2) is 3.61. The van der Waals surface area contributed by atoms with Crippen molar-refractivity contribution in [3.63, 3.8) is 0 Å². The minimum absolute atomic E-state index is 0.126. The molecule has 0 bridgehead atoms. The summed E-state index contributed by atoms with van der Waals surface area (Å²) in [4.78, 5) is 10.4. The van der Waals surface area contributed by atoms with E-state index in [9.17, 15) is 13.6 Å². The summed E-state index contributed by atoms with van der Waals surface area (Å²) in [5, 5.41) is 3.67. The molecule has 5 heteroatoms. The van der Waals surface area contributed by atoms with Crippen molar-refractivity contribution in [2.75, 3.05) is 0 Å². The highest BCUT2D eigenvalue weighted by atomic mass is 19.1. The normalized spacial score (nSPS) is 10.3. The zero-order chi connectivity index (χ0) is 10.8. The number of carbonyl (C=O) groups excluding carboxylic acids is 1. The lowest BCUT2D eigenvalue weighted by atomic mass is 10.3. The second-order valence-corrected chi connectivity index (χ2v) is 2.90. The fourth-order valence-electron chi connectivity index (χ4n) is 1.19. The molecule has 0 saturated heterocycles. The van der Waals surface area contributed by atoms with E-state index in [0.29, 0.717) is 12.0 Å². The Morgan fingerprint density at radius 1 is 1.20 bits per heavy atom. The van der Waals surface area contributed by atoms with Gasteiger partial charge in [-0.15, -0.1) is 0 Å². The first-order valence-corrected chi connectivity index (χ1v) is 4.17. The molecule has 0 unspecified atom stereocenters. The van der Waals surface area contributed by atoms with Crippen molar-refractivity contribution in [1.82, 2.24) is 9.78 Å². The molecule has 0 saturated carbocycles. The van der Waals surface area contributed by atoms with Crippen molar-refractivity contribution < 1.29 is 13.6 Å². The molecule has 15 heavy (non-hydrogen) atoms.